The fourth-order valence-corrected chi connectivity index (χ4v) is 5.81. The van der Waals surface area contributed by atoms with Crippen LogP contribution in [0.4, 0.5) is 0 Å². The maximum absolute atomic E-state index is 12.2. The lowest BCUT2D eigenvalue weighted by atomic mass is 9.79. The molecule has 0 fully saturated rings. The maximum atomic E-state index is 12.2. The molecular formula is C25H33N3O2S. The Balaban J connectivity index is 1.07. The topological polar surface area (TPSA) is 70.6 Å². The molecule has 2 aromatic carbocycles. The molecule has 2 N–H and O–H groups in total. The van der Waals surface area contributed by atoms with Crippen molar-refractivity contribution in [1.29, 1.82) is 0 Å². The summed E-state index contributed by atoms with van der Waals surface area (Å²) in [6.07, 6.45) is 8.68. The molecule has 5 nitrogen and oxygen atoms in total. The molecule has 1 heterocycles. The van der Waals surface area contributed by atoms with Crippen molar-refractivity contribution in [3.05, 3.63) is 65.7 Å². The van der Waals surface area contributed by atoms with Crippen LogP contribution in [0.1, 0.15) is 62.0 Å². The van der Waals surface area contributed by atoms with Crippen molar-refractivity contribution in [3.63, 3.8) is 0 Å². The molecule has 1 aliphatic heterocycles. The van der Waals surface area contributed by atoms with Gasteiger partial charge in [0.25, 0.3) is 0 Å². The summed E-state index contributed by atoms with van der Waals surface area (Å²) >= 11 is 0. The summed E-state index contributed by atoms with van der Waals surface area (Å²) in [6, 6.07) is 17.9. The smallest absolute Gasteiger partial charge is 0.240 e. The predicted molar refractivity (Wildman–Crippen MR) is 126 cm³/mol. The zero-order chi connectivity index (χ0) is 21.5. The second-order valence-corrected chi connectivity index (χ2v) is 10.4. The number of sulfonamides is 1. The van der Waals surface area contributed by atoms with E-state index in [-0.39, 0.29) is 0 Å². The van der Waals surface area contributed by atoms with Crippen LogP contribution in [-0.4, -0.2) is 33.4 Å². The zero-order valence-electron chi connectivity index (χ0n) is 18.1. The van der Waals surface area contributed by atoms with Gasteiger partial charge in [0.2, 0.25) is 10.0 Å². The van der Waals surface area contributed by atoms with Crippen LogP contribution in [0.5, 0.6) is 0 Å². The lowest BCUT2D eigenvalue weighted by molar-refractivity contribution is 0.510. The van der Waals surface area contributed by atoms with Gasteiger partial charge in [-0.25, -0.2) is 13.1 Å². The van der Waals surface area contributed by atoms with E-state index in [0.717, 1.165) is 51.5 Å². The molecule has 4 rings (SSSR count). The monoisotopic (exact) mass is 439 g/mol. The van der Waals surface area contributed by atoms with Crippen molar-refractivity contribution in [2.24, 2.45) is 4.99 Å². The van der Waals surface area contributed by atoms with Crippen molar-refractivity contribution >= 4 is 15.9 Å². The minimum absolute atomic E-state index is 0.333. The standard InChI is InChI=1S/C25H33N3O2S/c29-31(30,21-12-5-4-6-13-21)27-18-10-3-1-2-9-17-26-25-19-23-22-14-8-7-11-20(22)15-16-24(23)28-25/h4-8,11-14,23-24,27H,1-3,9-10,15-19H2,(H,26,28)/t23-,24+/m0/s1. The van der Waals surface area contributed by atoms with Gasteiger partial charge in [-0.3, -0.25) is 4.99 Å². The van der Waals surface area contributed by atoms with Gasteiger partial charge in [-0.2, -0.15) is 0 Å². The Bertz CT molecular complexity index is 989. The number of amidine groups is 1. The van der Waals surface area contributed by atoms with Crippen LogP contribution < -0.4 is 10.0 Å². The molecule has 2 atom stereocenters. The number of benzene rings is 2. The Labute approximate surface area is 186 Å². The first-order valence-corrected chi connectivity index (χ1v) is 13.0. The van der Waals surface area contributed by atoms with E-state index < -0.39 is 10.0 Å². The number of unbranched alkanes of at least 4 members (excludes halogenated alkanes) is 4. The summed E-state index contributed by atoms with van der Waals surface area (Å²) in [5.74, 6) is 1.74. The first-order chi connectivity index (χ1) is 15.1. The average Bonchev–Trinajstić information content (AvgIpc) is 3.22. The Hall–Kier alpha value is -2.18. The van der Waals surface area contributed by atoms with E-state index in [9.17, 15) is 8.42 Å². The third kappa shape index (κ3) is 5.74. The number of hydrogen-bond donors (Lipinski definition) is 2. The minimum atomic E-state index is -3.37. The summed E-state index contributed by atoms with van der Waals surface area (Å²) < 4.78 is 27.0. The molecule has 0 spiro atoms. The molecule has 0 unspecified atom stereocenters. The average molecular weight is 440 g/mol. The van der Waals surface area contributed by atoms with Gasteiger partial charge < -0.3 is 5.32 Å². The molecular weight excluding hydrogens is 406 g/mol. The maximum Gasteiger partial charge on any atom is 0.240 e. The molecule has 0 saturated carbocycles. The largest absolute Gasteiger partial charge is 0.374 e. The van der Waals surface area contributed by atoms with E-state index in [4.69, 9.17) is 4.99 Å². The molecule has 1 aliphatic carbocycles. The highest BCUT2D eigenvalue weighted by Gasteiger charge is 2.34. The van der Waals surface area contributed by atoms with Crippen LogP contribution in [0.2, 0.25) is 0 Å². The second kappa shape index (κ2) is 10.4. The molecule has 31 heavy (non-hydrogen) atoms. The highest BCUT2D eigenvalue weighted by Crippen LogP contribution is 2.39. The van der Waals surface area contributed by atoms with Gasteiger partial charge in [0.1, 0.15) is 0 Å². The van der Waals surface area contributed by atoms with Crippen molar-refractivity contribution < 1.29 is 8.42 Å². The molecule has 0 aromatic heterocycles. The summed E-state index contributed by atoms with van der Waals surface area (Å²) in [5.41, 5.74) is 3.01. The normalized spacial score (nSPS) is 20.1. The number of fused-ring (bicyclic) bond motifs is 3. The molecule has 0 saturated heterocycles. The van der Waals surface area contributed by atoms with Gasteiger partial charge in [0.05, 0.1) is 16.8 Å². The molecule has 2 aromatic rings. The first-order valence-electron chi connectivity index (χ1n) is 11.6. The third-order valence-corrected chi connectivity index (χ3v) is 7.87. The van der Waals surface area contributed by atoms with Crippen LogP contribution in [0.3, 0.4) is 0 Å². The lowest BCUT2D eigenvalue weighted by Gasteiger charge is -2.26. The van der Waals surface area contributed by atoms with E-state index in [1.165, 1.54) is 23.4 Å². The number of aliphatic imine (C=N–C) groups is 1. The van der Waals surface area contributed by atoms with Crippen LogP contribution in [0.15, 0.2) is 64.5 Å². The number of nitrogens with zero attached hydrogens (tertiary/aromatic N) is 1. The van der Waals surface area contributed by atoms with E-state index in [2.05, 4.69) is 34.3 Å². The van der Waals surface area contributed by atoms with E-state index >= 15 is 0 Å². The fourth-order valence-electron chi connectivity index (χ4n) is 4.72. The fraction of sp³-hybridized carbons (Fsp3) is 0.480. The molecule has 166 valence electrons. The van der Waals surface area contributed by atoms with Crippen LogP contribution in [-0.2, 0) is 16.4 Å². The van der Waals surface area contributed by atoms with Crippen molar-refractivity contribution in [1.82, 2.24) is 10.0 Å². The van der Waals surface area contributed by atoms with E-state index in [0.29, 0.717) is 23.4 Å². The molecule has 0 radical (unpaired) electrons. The summed E-state index contributed by atoms with van der Waals surface area (Å²) in [6.45, 7) is 1.47. The lowest BCUT2D eigenvalue weighted by Crippen LogP contribution is -2.24. The molecule has 6 heteroatoms. The number of nitrogens with one attached hydrogen (secondary N) is 2. The third-order valence-electron chi connectivity index (χ3n) is 6.39. The molecule has 0 bridgehead atoms. The van der Waals surface area contributed by atoms with Crippen molar-refractivity contribution in [2.45, 2.75) is 68.2 Å². The Morgan fingerprint density at radius 1 is 0.871 bits per heavy atom. The van der Waals surface area contributed by atoms with E-state index in [1.807, 2.05) is 6.07 Å². The Morgan fingerprint density at radius 2 is 1.58 bits per heavy atom. The SMILES string of the molecule is O=S(=O)(NCCCCCCCNC1=N[C@@H]2CCc3ccccc3[C@@H]2C1)c1ccccc1. The van der Waals surface area contributed by atoms with Crippen molar-refractivity contribution in [3.8, 4) is 0 Å². The molecule has 2 aliphatic rings. The van der Waals surface area contributed by atoms with Crippen LogP contribution in [0.25, 0.3) is 0 Å². The highest BCUT2D eigenvalue weighted by molar-refractivity contribution is 7.89. The van der Waals surface area contributed by atoms with Gasteiger partial charge in [-0.1, -0.05) is 61.7 Å². The van der Waals surface area contributed by atoms with Gasteiger partial charge in [0, 0.05) is 25.4 Å². The summed E-state index contributed by atoms with van der Waals surface area (Å²) in [7, 11) is -3.37. The second-order valence-electron chi connectivity index (χ2n) is 8.60. The number of aryl methyl sites for hydroxylation is 1. The van der Waals surface area contributed by atoms with Gasteiger partial charge in [-0.05, 0) is 48.9 Å². The van der Waals surface area contributed by atoms with Crippen molar-refractivity contribution in [2.75, 3.05) is 13.1 Å². The molecule has 0 amide bonds. The number of rotatable bonds is 10. The highest BCUT2D eigenvalue weighted by atomic mass is 32.2. The van der Waals surface area contributed by atoms with Crippen LogP contribution >= 0.6 is 0 Å². The van der Waals surface area contributed by atoms with Gasteiger partial charge >= 0.3 is 0 Å². The van der Waals surface area contributed by atoms with Gasteiger partial charge in [-0.15, -0.1) is 0 Å². The van der Waals surface area contributed by atoms with E-state index in [1.54, 1.807) is 24.3 Å². The van der Waals surface area contributed by atoms with Crippen LogP contribution in [0, 0.1) is 0 Å². The Kier molecular flexibility index (Phi) is 7.41. The quantitative estimate of drug-likeness (QED) is 0.539. The predicted octanol–water partition coefficient (Wildman–Crippen LogP) is 4.41. The summed E-state index contributed by atoms with van der Waals surface area (Å²) in [5, 5.41) is 3.57. The first kappa shape index (κ1) is 22.0. The summed E-state index contributed by atoms with van der Waals surface area (Å²) in [4.78, 5) is 5.29. The van der Waals surface area contributed by atoms with Gasteiger partial charge in [0.15, 0.2) is 0 Å². The minimum Gasteiger partial charge on any atom is -0.374 e. The zero-order valence-corrected chi connectivity index (χ0v) is 18.9. The Morgan fingerprint density at radius 3 is 2.42 bits per heavy atom. The number of hydrogen-bond acceptors (Lipinski definition) is 4.